The quantitative estimate of drug-likeness (QED) is 0.784. The minimum atomic E-state index is -0.489. The van der Waals surface area contributed by atoms with E-state index in [1.807, 2.05) is 6.07 Å². The van der Waals surface area contributed by atoms with Gasteiger partial charge in [-0.3, -0.25) is 9.59 Å². The molecule has 0 aliphatic rings. The van der Waals surface area contributed by atoms with E-state index in [0.717, 1.165) is 6.29 Å². The fourth-order valence-electron chi connectivity index (χ4n) is 1.54. The molecule has 0 radical (unpaired) electrons. The van der Waals surface area contributed by atoms with Crippen LogP contribution in [0.15, 0.2) is 42.7 Å². The molecule has 80 valence electrons. The number of aldehydes is 1. The number of para-hydroxylation sites is 1. The van der Waals surface area contributed by atoms with Crippen LogP contribution in [0.2, 0.25) is 0 Å². The lowest BCUT2D eigenvalue weighted by atomic mass is 10.1. The molecule has 0 saturated carbocycles. The minimum Gasteiger partial charge on any atom is -0.366 e. The van der Waals surface area contributed by atoms with E-state index in [1.54, 1.807) is 41.2 Å². The Labute approximate surface area is 92.3 Å². The molecule has 0 atom stereocenters. The predicted molar refractivity (Wildman–Crippen MR) is 59.7 cm³/mol. The zero-order valence-corrected chi connectivity index (χ0v) is 8.46. The van der Waals surface area contributed by atoms with E-state index in [9.17, 15) is 9.59 Å². The molecule has 0 unspecified atom stereocenters. The zero-order chi connectivity index (χ0) is 11.5. The van der Waals surface area contributed by atoms with Gasteiger partial charge in [0.2, 0.25) is 0 Å². The summed E-state index contributed by atoms with van der Waals surface area (Å²) in [5.41, 5.74) is 6.92. The lowest BCUT2D eigenvalue weighted by molar-refractivity contribution is 0.1000. The van der Waals surface area contributed by atoms with Crippen LogP contribution in [-0.4, -0.2) is 16.8 Å². The van der Waals surface area contributed by atoms with Gasteiger partial charge in [0, 0.05) is 18.0 Å². The molecule has 2 rings (SSSR count). The number of rotatable bonds is 3. The molecule has 4 nitrogen and oxygen atoms in total. The van der Waals surface area contributed by atoms with Gasteiger partial charge in [-0.25, -0.2) is 0 Å². The highest BCUT2D eigenvalue weighted by atomic mass is 16.1. The van der Waals surface area contributed by atoms with E-state index in [1.165, 1.54) is 0 Å². The first-order chi connectivity index (χ1) is 7.72. The monoisotopic (exact) mass is 214 g/mol. The second-order valence-electron chi connectivity index (χ2n) is 3.35. The molecule has 0 saturated heterocycles. The summed E-state index contributed by atoms with van der Waals surface area (Å²) >= 11 is 0. The summed E-state index contributed by atoms with van der Waals surface area (Å²) in [6, 6.07) is 8.65. The number of carbonyl (C=O) groups is 2. The standard InChI is InChI=1S/C12H10N2O2/c13-12(16)10-3-1-2-4-11(10)14-6-5-9(7-14)8-15/h1-8H,(H2,13,16). The number of carbonyl (C=O) groups excluding carboxylic acids is 2. The number of benzene rings is 1. The molecule has 1 aromatic heterocycles. The largest absolute Gasteiger partial charge is 0.366 e. The molecule has 0 aliphatic carbocycles. The number of nitrogens with two attached hydrogens (primary N) is 1. The third-order valence-electron chi connectivity index (χ3n) is 2.30. The summed E-state index contributed by atoms with van der Waals surface area (Å²) in [7, 11) is 0. The molecule has 4 heteroatoms. The molecule has 0 fully saturated rings. The van der Waals surface area contributed by atoms with Gasteiger partial charge in [-0.2, -0.15) is 0 Å². The number of nitrogens with zero attached hydrogens (tertiary/aromatic N) is 1. The minimum absolute atomic E-state index is 0.426. The Kier molecular flexibility index (Phi) is 2.55. The van der Waals surface area contributed by atoms with Crippen molar-refractivity contribution in [3.8, 4) is 5.69 Å². The summed E-state index contributed by atoms with van der Waals surface area (Å²) < 4.78 is 1.70. The van der Waals surface area contributed by atoms with Crippen molar-refractivity contribution in [2.75, 3.05) is 0 Å². The van der Waals surface area contributed by atoms with Crippen LogP contribution in [0.25, 0.3) is 5.69 Å². The lowest BCUT2D eigenvalue weighted by Crippen LogP contribution is -2.14. The topological polar surface area (TPSA) is 65.1 Å². The van der Waals surface area contributed by atoms with E-state index >= 15 is 0 Å². The maximum absolute atomic E-state index is 11.2. The van der Waals surface area contributed by atoms with Gasteiger partial charge in [0.05, 0.1) is 11.3 Å². The van der Waals surface area contributed by atoms with Crippen molar-refractivity contribution in [2.45, 2.75) is 0 Å². The van der Waals surface area contributed by atoms with Crippen molar-refractivity contribution in [1.29, 1.82) is 0 Å². The Balaban J connectivity index is 2.54. The Hall–Kier alpha value is -2.36. The number of primary amides is 1. The SMILES string of the molecule is NC(=O)c1ccccc1-n1ccc(C=O)c1. The molecule has 1 heterocycles. The first-order valence-electron chi connectivity index (χ1n) is 4.75. The number of amides is 1. The van der Waals surface area contributed by atoms with Crippen molar-refractivity contribution in [1.82, 2.24) is 4.57 Å². The molecular weight excluding hydrogens is 204 g/mol. The van der Waals surface area contributed by atoms with E-state index in [0.29, 0.717) is 16.8 Å². The van der Waals surface area contributed by atoms with Crippen LogP contribution in [-0.2, 0) is 0 Å². The summed E-state index contributed by atoms with van der Waals surface area (Å²) in [5, 5.41) is 0. The van der Waals surface area contributed by atoms with Gasteiger partial charge in [0.1, 0.15) is 0 Å². The van der Waals surface area contributed by atoms with Crippen LogP contribution in [0.5, 0.6) is 0 Å². The third-order valence-corrected chi connectivity index (χ3v) is 2.30. The first kappa shape index (κ1) is 10.2. The van der Waals surface area contributed by atoms with Crippen molar-refractivity contribution in [2.24, 2.45) is 5.73 Å². The van der Waals surface area contributed by atoms with Crippen LogP contribution in [0, 0.1) is 0 Å². The molecule has 0 aliphatic heterocycles. The zero-order valence-electron chi connectivity index (χ0n) is 8.46. The molecule has 2 aromatic rings. The van der Waals surface area contributed by atoms with Crippen LogP contribution in [0.3, 0.4) is 0 Å². The average molecular weight is 214 g/mol. The second kappa shape index (κ2) is 4.02. The normalized spacial score (nSPS) is 10.0. The van der Waals surface area contributed by atoms with Crippen molar-refractivity contribution in [3.63, 3.8) is 0 Å². The first-order valence-corrected chi connectivity index (χ1v) is 4.75. The molecular formula is C12H10N2O2. The summed E-state index contributed by atoms with van der Waals surface area (Å²) in [6.45, 7) is 0. The molecule has 0 bridgehead atoms. The van der Waals surface area contributed by atoms with Gasteiger partial charge in [-0.05, 0) is 18.2 Å². The molecule has 0 spiro atoms. The Bertz CT molecular complexity index is 543. The molecule has 1 amide bonds. The Morgan fingerprint density at radius 2 is 2.00 bits per heavy atom. The van der Waals surface area contributed by atoms with Gasteiger partial charge in [0.25, 0.3) is 5.91 Å². The van der Waals surface area contributed by atoms with E-state index in [4.69, 9.17) is 5.73 Å². The Morgan fingerprint density at radius 1 is 1.25 bits per heavy atom. The van der Waals surface area contributed by atoms with Gasteiger partial charge in [0.15, 0.2) is 6.29 Å². The molecule has 1 aromatic carbocycles. The predicted octanol–water partition coefficient (Wildman–Crippen LogP) is 1.39. The van der Waals surface area contributed by atoms with Crippen LogP contribution in [0.4, 0.5) is 0 Å². The van der Waals surface area contributed by atoms with Gasteiger partial charge in [-0.15, -0.1) is 0 Å². The number of aromatic nitrogens is 1. The van der Waals surface area contributed by atoms with Crippen LogP contribution in [0.1, 0.15) is 20.7 Å². The van der Waals surface area contributed by atoms with Crippen LogP contribution < -0.4 is 5.73 Å². The summed E-state index contributed by atoms with van der Waals surface area (Å²) in [6.07, 6.45) is 4.11. The van der Waals surface area contributed by atoms with E-state index in [-0.39, 0.29) is 0 Å². The van der Waals surface area contributed by atoms with Gasteiger partial charge in [-0.1, -0.05) is 12.1 Å². The average Bonchev–Trinajstić information content (AvgIpc) is 2.77. The highest BCUT2D eigenvalue weighted by Crippen LogP contribution is 2.15. The third kappa shape index (κ3) is 1.72. The maximum Gasteiger partial charge on any atom is 0.250 e. The van der Waals surface area contributed by atoms with Crippen molar-refractivity contribution >= 4 is 12.2 Å². The number of hydrogen-bond acceptors (Lipinski definition) is 2. The Morgan fingerprint density at radius 3 is 2.62 bits per heavy atom. The highest BCUT2D eigenvalue weighted by molar-refractivity contribution is 5.96. The lowest BCUT2D eigenvalue weighted by Gasteiger charge is -2.06. The van der Waals surface area contributed by atoms with Crippen molar-refractivity contribution < 1.29 is 9.59 Å². The number of hydrogen-bond donors (Lipinski definition) is 1. The van der Waals surface area contributed by atoms with Gasteiger partial charge < -0.3 is 10.3 Å². The molecule has 16 heavy (non-hydrogen) atoms. The summed E-state index contributed by atoms with van der Waals surface area (Å²) in [4.78, 5) is 21.8. The smallest absolute Gasteiger partial charge is 0.250 e. The maximum atomic E-state index is 11.2. The second-order valence-corrected chi connectivity index (χ2v) is 3.35. The van der Waals surface area contributed by atoms with E-state index in [2.05, 4.69) is 0 Å². The molecule has 2 N–H and O–H groups in total. The highest BCUT2D eigenvalue weighted by Gasteiger charge is 2.08. The summed E-state index contributed by atoms with van der Waals surface area (Å²) in [5.74, 6) is -0.489. The van der Waals surface area contributed by atoms with E-state index < -0.39 is 5.91 Å². The van der Waals surface area contributed by atoms with Crippen molar-refractivity contribution in [3.05, 3.63) is 53.9 Å². The van der Waals surface area contributed by atoms with Crippen LogP contribution >= 0.6 is 0 Å². The fourth-order valence-corrected chi connectivity index (χ4v) is 1.54. The fraction of sp³-hybridized carbons (Fsp3) is 0. The van der Waals surface area contributed by atoms with Gasteiger partial charge >= 0.3 is 0 Å².